The van der Waals surface area contributed by atoms with Gasteiger partial charge in [0, 0.05) is 50.4 Å². The van der Waals surface area contributed by atoms with Crippen molar-refractivity contribution in [3.8, 4) is 0 Å². The molecule has 6 nitrogen and oxygen atoms in total. The predicted molar refractivity (Wildman–Crippen MR) is 109 cm³/mol. The number of carbonyl (C=O) groups excluding carboxylic acids is 2. The highest BCUT2D eigenvalue weighted by Gasteiger charge is 2.39. The first-order valence-corrected chi connectivity index (χ1v) is 10.5. The summed E-state index contributed by atoms with van der Waals surface area (Å²) in [6.07, 6.45) is 0.962. The van der Waals surface area contributed by atoms with Gasteiger partial charge >= 0.3 is 6.09 Å². The Morgan fingerprint density at radius 1 is 1.10 bits per heavy atom. The van der Waals surface area contributed by atoms with E-state index in [0.29, 0.717) is 44.7 Å². The molecule has 2 fully saturated rings. The zero-order valence-electron chi connectivity index (χ0n) is 18.2. The van der Waals surface area contributed by atoms with Crippen LogP contribution in [0.4, 0.5) is 13.6 Å². The first kappa shape index (κ1) is 22.5. The Bertz CT molecular complexity index is 788. The van der Waals surface area contributed by atoms with Crippen LogP contribution in [0.3, 0.4) is 0 Å². The SMILES string of the molecule is CC(c1ccc(F)cc1F)N1CCN(C(=O)C2CCCN2C(=O)OC(C)(C)C)CC1. The normalized spacial score (nSPS) is 21.6. The molecule has 3 rings (SSSR count). The van der Waals surface area contributed by atoms with Crippen molar-refractivity contribution < 1.29 is 23.1 Å². The van der Waals surface area contributed by atoms with Gasteiger partial charge in [0.2, 0.25) is 5.91 Å². The van der Waals surface area contributed by atoms with Gasteiger partial charge in [0.1, 0.15) is 23.3 Å². The van der Waals surface area contributed by atoms with Crippen molar-refractivity contribution in [1.29, 1.82) is 0 Å². The fourth-order valence-corrected chi connectivity index (χ4v) is 4.14. The molecule has 2 aliphatic rings. The molecule has 8 heteroatoms. The highest BCUT2D eigenvalue weighted by molar-refractivity contribution is 5.86. The van der Waals surface area contributed by atoms with Crippen molar-refractivity contribution in [2.24, 2.45) is 0 Å². The van der Waals surface area contributed by atoms with Gasteiger partial charge in [0.05, 0.1) is 0 Å². The zero-order chi connectivity index (χ0) is 22.1. The van der Waals surface area contributed by atoms with Crippen LogP contribution < -0.4 is 0 Å². The van der Waals surface area contributed by atoms with Crippen LogP contribution in [0, 0.1) is 11.6 Å². The molecule has 0 aliphatic carbocycles. The molecule has 0 saturated carbocycles. The Morgan fingerprint density at radius 3 is 2.37 bits per heavy atom. The van der Waals surface area contributed by atoms with Crippen LogP contribution in [-0.4, -0.2) is 71.1 Å². The number of hydrogen-bond acceptors (Lipinski definition) is 4. The third kappa shape index (κ3) is 5.09. The van der Waals surface area contributed by atoms with Crippen molar-refractivity contribution >= 4 is 12.0 Å². The number of hydrogen-bond donors (Lipinski definition) is 0. The Balaban J connectivity index is 1.59. The first-order chi connectivity index (χ1) is 14.1. The zero-order valence-corrected chi connectivity index (χ0v) is 18.2. The van der Waals surface area contributed by atoms with Gasteiger partial charge in [-0.05, 0) is 46.6 Å². The summed E-state index contributed by atoms with van der Waals surface area (Å²) in [5.41, 5.74) is -0.159. The van der Waals surface area contributed by atoms with Gasteiger partial charge in [-0.2, -0.15) is 0 Å². The Labute approximate surface area is 176 Å². The Hall–Kier alpha value is -2.22. The van der Waals surface area contributed by atoms with Gasteiger partial charge in [-0.1, -0.05) is 6.07 Å². The lowest BCUT2D eigenvalue weighted by Gasteiger charge is -2.40. The number of likely N-dealkylation sites (tertiary alicyclic amines) is 1. The van der Waals surface area contributed by atoms with E-state index in [2.05, 4.69) is 4.90 Å². The number of amides is 2. The molecule has 0 aromatic heterocycles. The summed E-state index contributed by atoms with van der Waals surface area (Å²) < 4.78 is 32.8. The van der Waals surface area contributed by atoms with Crippen molar-refractivity contribution in [3.05, 3.63) is 35.4 Å². The highest BCUT2D eigenvalue weighted by Crippen LogP contribution is 2.26. The van der Waals surface area contributed by atoms with Crippen molar-refractivity contribution in [2.45, 2.75) is 58.2 Å². The number of carbonyl (C=O) groups is 2. The van der Waals surface area contributed by atoms with E-state index in [9.17, 15) is 18.4 Å². The summed E-state index contributed by atoms with van der Waals surface area (Å²) in [7, 11) is 0. The summed E-state index contributed by atoms with van der Waals surface area (Å²) in [4.78, 5) is 30.9. The summed E-state index contributed by atoms with van der Waals surface area (Å²) in [5, 5.41) is 0. The number of rotatable bonds is 3. The maximum absolute atomic E-state index is 14.1. The minimum atomic E-state index is -0.606. The van der Waals surface area contributed by atoms with Crippen molar-refractivity contribution in [2.75, 3.05) is 32.7 Å². The maximum Gasteiger partial charge on any atom is 0.410 e. The molecule has 1 aromatic rings. The maximum atomic E-state index is 14.1. The van der Waals surface area contributed by atoms with E-state index < -0.39 is 29.4 Å². The minimum absolute atomic E-state index is 0.0568. The van der Waals surface area contributed by atoms with E-state index in [1.807, 2.05) is 27.7 Å². The number of nitrogens with zero attached hydrogens (tertiary/aromatic N) is 3. The lowest BCUT2D eigenvalue weighted by molar-refractivity contribution is -0.138. The summed E-state index contributed by atoms with van der Waals surface area (Å²) >= 11 is 0. The average Bonchev–Trinajstić information content (AvgIpc) is 3.16. The molecule has 0 spiro atoms. The molecule has 0 N–H and O–H groups in total. The topological polar surface area (TPSA) is 53.1 Å². The van der Waals surface area contributed by atoms with Gasteiger partial charge < -0.3 is 9.64 Å². The van der Waals surface area contributed by atoms with Gasteiger partial charge in [-0.15, -0.1) is 0 Å². The van der Waals surface area contributed by atoms with Crippen LogP contribution in [0.25, 0.3) is 0 Å². The highest BCUT2D eigenvalue weighted by atomic mass is 19.1. The van der Waals surface area contributed by atoms with Crippen LogP contribution >= 0.6 is 0 Å². The van der Waals surface area contributed by atoms with Crippen molar-refractivity contribution in [3.63, 3.8) is 0 Å². The van der Waals surface area contributed by atoms with Crippen molar-refractivity contribution in [1.82, 2.24) is 14.7 Å². The van der Waals surface area contributed by atoms with E-state index in [-0.39, 0.29) is 11.9 Å². The molecule has 0 bridgehead atoms. The molecule has 2 atom stereocenters. The predicted octanol–water partition coefficient (Wildman–Crippen LogP) is 3.57. The summed E-state index contributed by atoms with van der Waals surface area (Å²) in [6, 6.07) is 2.94. The van der Waals surface area contributed by atoms with E-state index >= 15 is 0 Å². The molecule has 2 heterocycles. The van der Waals surface area contributed by atoms with Crippen LogP contribution in [0.15, 0.2) is 18.2 Å². The molecule has 0 radical (unpaired) electrons. The summed E-state index contributed by atoms with van der Waals surface area (Å²) in [5.74, 6) is -1.21. The van der Waals surface area contributed by atoms with Crippen LogP contribution in [0.5, 0.6) is 0 Å². The Morgan fingerprint density at radius 2 is 1.77 bits per heavy atom. The number of halogens is 2. The molecule has 30 heavy (non-hydrogen) atoms. The molecule has 2 unspecified atom stereocenters. The second-order valence-electron chi connectivity index (χ2n) is 9.03. The smallest absolute Gasteiger partial charge is 0.410 e. The third-order valence-electron chi connectivity index (χ3n) is 5.75. The van der Waals surface area contributed by atoms with E-state index in [4.69, 9.17) is 4.74 Å². The van der Waals surface area contributed by atoms with Crippen LogP contribution in [0.2, 0.25) is 0 Å². The van der Waals surface area contributed by atoms with Gasteiger partial charge in [-0.3, -0.25) is 14.6 Å². The lowest BCUT2D eigenvalue weighted by Crippen LogP contribution is -2.55. The Kier molecular flexibility index (Phi) is 6.65. The van der Waals surface area contributed by atoms with Crippen LogP contribution in [-0.2, 0) is 9.53 Å². The first-order valence-electron chi connectivity index (χ1n) is 10.5. The molecule has 2 aliphatic heterocycles. The fourth-order valence-electron chi connectivity index (χ4n) is 4.14. The van der Waals surface area contributed by atoms with Gasteiger partial charge in [0.15, 0.2) is 0 Å². The molecular formula is C22H31F2N3O3. The molecule has 1 aromatic carbocycles. The van der Waals surface area contributed by atoms with E-state index in [1.165, 1.54) is 17.0 Å². The van der Waals surface area contributed by atoms with Gasteiger partial charge in [-0.25, -0.2) is 13.6 Å². The van der Waals surface area contributed by atoms with Gasteiger partial charge in [0.25, 0.3) is 0 Å². The van der Waals surface area contributed by atoms with E-state index in [0.717, 1.165) is 12.5 Å². The second-order valence-corrected chi connectivity index (χ2v) is 9.03. The minimum Gasteiger partial charge on any atom is -0.444 e. The number of piperazine rings is 1. The molecule has 2 saturated heterocycles. The quantitative estimate of drug-likeness (QED) is 0.746. The second kappa shape index (κ2) is 8.88. The lowest BCUT2D eigenvalue weighted by atomic mass is 10.0. The largest absolute Gasteiger partial charge is 0.444 e. The molecule has 2 amide bonds. The van der Waals surface area contributed by atoms with Crippen LogP contribution in [0.1, 0.15) is 52.1 Å². The van der Waals surface area contributed by atoms with E-state index in [1.54, 1.807) is 4.90 Å². The monoisotopic (exact) mass is 423 g/mol. The standard InChI is InChI=1S/C22H31F2N3O3/c1-15(17-8-7-16(23)14-18(17)24)25-10-12-26(13-11-25)20(28)19-6-5-9-27(19)21(29)30-22(2,3)4/h7-8,14-15,19H,5-6,9-13H2,1-4H3. The number of ether oxygens (including phenoxy) is 1. The summed E-state index contributed by atoms with van der Waals surface area (Å²) in [6.45, 7) is 10.0. The fraction of sp³-hybridized carbons (Fsp3) is 0.636. The molecule has 166 valence electrons. The third-order valence-corrected chi connectivity index (χ3v) is 5.75. The molecular weight excluding hydrogens is 392 g/mol. The average molecular weight is 424 g/mol. The number of benzene rings is 1.